The Kier molecular flexibility index (Phi) is 7.94. The number of hydrogen-bond donors (Lipinski definition) is 0. The van der Waals surface area contributed by atoms with E-state index in [2.05, 4.69) is 4.98 Å². The first-order valence-electron chi connectivity index (χ1n) is 9.85. The molecule has 0 saturated carbocycles. The van der Waals surface area contributed by atoms with Gasteiger partial charge in [0.05, 0.1) is 17.7 Å². The largest absolute Gasteiger partial charge is 0.465 e. The molecule has 0 N–H and O–H groups in total. The number of rotatable bonds is 8. The van der Waals surface area contributed by atoms with Gasteiger partial charge in [-0.1, -0.05) is 18.2 Å². The maximum atomic E-state index is 14.1. The van der Waals surface area contributed by atoms with Crippen molar-refractivity contribution in [2.75, 3.05) is 19.0 Å². The molecule has 0 radical (unpaired) electrons. The molecule has 0 aliphatic carbocycles. The Morgan fingerprint density at radius 1 is 1.00 bits per heavy atom. The highest BCUT2D eigenvalue weighted by Crippen LogP contribution is 2.37. The molecule has 0 atom stereocenters. The number of hydrogen-bond acceptors (Lipinski definition) is 8. The number of ether oxygens (including phenoxy) is 3. The van der Waals surface area contributed by atoms with Crippen LogP contribution in [0.4, 0.5) is 8.78 Å². The second kappa shape index (κ2) is 10.9. The highest BCUT2D eigenvalue weighted by Gasteiger charge is 2.27. The van der Waals surface area contributed by atoms with Crippen LogP contribution in [0.2, 0.25) is 0 Å². The first-order valence-corrected chi connectivity index (χ1v) is 10.8. The number of halogens is 2. The molecule has 2 aromatic carbocycles. The molecule has 1 heterocycles. The van der Waals surface area contributed by atoms with Crippen LogP contribution in [0.15, 0.2) is 47.5 Å². The molecular formula is C23H19F2NO6S. The van der Waals surface area contributed by atoms with E-state index in [4.69, 9.17) is 14.2 Å². The summed E-state index contributed by atoms with van der Waals surface area (Å²) in [5.74, 6) is -4.62. The van der Waals surface area contributed by atoms with E-state index in [1.54, 1.807) is 25.1 Å². The predicted molar refractivity (Wildman–Crippen MR) is 116 cm³/mol. The normalized spacial score (nSPS) is 10.7. The van der Waals surface area contributed by atoms with Gasteiger partial charge in [0.25, 0.3) is 0 Å². The van der Waals surface area contributed by atoms with E-state index < -0.39 is 29.5 Å². The number of aromatic nitrogens is 1. The highest BCUT2D eigenvalue weighted by molar-refractivity contribution is 7.99. The molecule has 3 aromatic rings. The summed E-state index contributed by atoms with van der Waals surface area (Å²) >= 11 is 1.01. The molecule has 0 unspecified atom stereocenters. The maximum Gasteiger partial charge on any atom is 0.344 e. The van der Waals surface area contributed by atoms with Crippen molar-refractivity contribution in [3.05, 3.63) is 65.2 Å². The Bertz CT molecular complexity index is 1200. The minimum absolute atomic E-state index is 0.0122. The molecule has 0 bridgehead atoms. The third-order valence-electron chi connectivity index (χ3n) is 4.26. The third-order valence-corrected chi connectivity index (χ3v) is 5.20. The number of carbonyl (C=O) groups excluding carboxylic acids is 3. The SMILES string of the molecule is CCOC(=O)c1c(SCCOC(C)=O)nc2cc(F)c(F)cc2c1OC(=O)c1ccccc1. The Balaban J connectivity index is 2.16. The molecule has 0 aliphatic heterocycles. The standard InChI is InChI=1S/C23H19F2NO6S/c1-3-30-23(29)19-20(32-22(28)14-7-5-4-6-8-14)15-11-16(24)17(25)12-18(15)26-21(19)33-10-9-31-13(2)27/h4-8,11-12H,3,9-10H2,1-2H3. The summed E-state index contributed by atoms with van der Waals surface area (Å²) in [6.45, 7) is 2.86. The second-order valence-electron chi connectivity index (χ2n) is 6.57. The summed E-state index contributed by atoms with van der Waals surface area (Å²) in [6.07, 6.45) is 0. The van der Waals surface area contributed by atoms with Gasteiger partial charge in [0.1, 0.15) is 17.2 Å². The second-order valence-corrected chi connectivity index (χ2v) is 7.65. The molecular weight excluding hydrogens is 456 g/mol. The topological polar surface area (TPSA) is 91.8 Å². The monoisotopic (exact) mass is 475 g/mol. The van der Waals surface area contributed by atoms with Crippen molar-refractivity contribution in [3.8, 4) is 5.75 Å². The fraction of sp³-hybridized carbons (Fsp3) is 0.217. The van der Waals surface area contributed by atoms with E-state index in [-0.39, 0.29) is 51.8 Å². The molecule has 7 nitrogen and oxygen atoms in total. The zero-order chi connectivity index (χ0) is 24.0. The van der Waals surface area contributed by atoms with E-state index in [9.17, 15) is 23.2 Å². The molecule has 3 rings (SSSR count). The van der Waals surface area contributed by atoms with Gasteiger partial charge in [-0.15, -0.1) is 11.8 Å². The summed E-state index contributed by atoms with van der Waals surface area (Å²) in [5, 5.41) is -0.0273. The maximum absolute atomic E-state index is 14.1. The summed E-state index contributed by atoms with van der Waals surface area (Å²) in [4.78, 5) is 40.9. The number of thioether (sulfide) groups is 1. The molecule has 0 amide bonds. The minimum atomic E-state index is -1.20. The first kappa shape index (κ1) is 24.1. The van der Waals surface area contributed by atoms with Crippen LogP contribution in [0.1, 0.15) is 34.6 Å². The van der Waals surface area contributed by atoms with Gasteiger partial charge in [-0.05, 0) is 25.1 Å². The van der Waals surface area contributed by atoms with Crippen LogP contribution >= 0.6 is 11.8 Å². The van der Waals surface area contributed by atoms with Gasteiger partial charge < -0.3 is 14.2 Å². The summed E-state index contributed by atoms with van der Waals surface area (Å²) in [7, 11) is 0. The van der Waals surface area contributed by atoms with Crippen LogP contribution in [0, 0.1) is 11.6 Å². The highest BCUT2D eigenvalue weighted by atomic mass is 32.2. The molecule has 172 valence electrons. The number of nitrogens with zero attached hydrogens (tertiary/aromatic N) is 1. The molecule has 0 fully saturated rings. The van der Waals surface area contributed by atoms with E-state index in [0.29, 0.717) is 0 Å². The molecule has 0 aliphatic rings. The summed E-state index contributed by atoms with van der Waals surface area (Å²) in [6, 6.07) is 9.61. The van der Waals surface area contributed by atoms with Gasteiger partial charge in [-0.25, -0.2) is 23.4 Å². The van der Waals surface area contributed by atoms with E-state index in [1.807, 2.05) is 0 Å². The predicted octanol–water partition coefficient (Wildman–Crippen LogP) is 4.56. The van der Waals surface area contributed by atoms with E-state index in [1.165, 1.54) is 19.1 Å². The number of pyridine rings is 1. The van der Waals surface area contributed by atoms with Crippen molar-refractivity contribution in [2.24, 2.45) is 0 Å². The minimum Gasteiger partial charge on any atom is -0.465 e. The molecule has 10 heteroatoms. The van der Waals surface area contributed by atoms with Gasteiger partial charge in [-0.3, -0.25) is 4.79 Å². The lowest BCUT2D eigenvalue weighted by atomic mass is 10.1. The zero-order valence-corrected chi connectivity index (χ0v) is 18.5. The number of fused-ring (bicyclic) bond motifs is 1. The molecule has 33 heavy (non-hydrogen) atoms. The Labute approximate surface area is 192 Å². The van der Waals surface area contributed by atoms with Crippen molar-refractivity contribution in [1.29, 1.82) is 0 Å². The van der Waals surface area contributed by atoms with Crippen LogP contribution < -0.4 is 4.74 Å². The van der Waals surface area contributed by atoms with Crippen LogP contribution in [0.5, 0.6) is 5.75 Å². The average Bonchev–Trinajstić information content (AvgIpc) is 2.78. The van der Waals surface area contributed by atoms with Crippen molar-refractivity contribution in [2.45, 2.75) is 18.9 Å². The van der Waals surface area contributed by atoms with Crippen LogP contribution in [0.3, 0.4) is 0 Å². The third kappa shape index (κ3) is 5.83. The molecule has 0 spiro atoms. The number of benzene rings is 2. The van der Waals surface area contributed by atoms with Gasteiger partial charge in [0, 0.05) is 24.1 Å². The first-order chi connectivity index (χ1) is 15.8. The number of carbonyl (C=O) groups is 3. The smallest absolute Gasteiger partial charge is 0.344 e. The Hall–Kier alpha value is -3.53. The lowest BCUT2D eigenvalue weighted by Gasteiger charge is -2.16. The quantitative estimate of drug-likeness (QED) is 0.266. The van der Waals surface area contributed by atoms with Crippen molar-refractivity contribution in [1.82, 2.24) is 4.98 Å². The van der Waals surface area contributed by atoms with Crippen LogP contribution in [-0.2, 0) is 14.3 Å². The fourth-order valence-electron chi connectivity index (χ4n) is 2.85. The lowest BCUT2D eigenvalue weighted by molar-refractivity contribution is -0.140. The van der Waals surface area contributed by atoms with Crippen molar-refractivity contribution >= 4 is 40.6 Å². The summed E-state index contributed by atoms with van der Waals surface area (Å²) < 4.78 is 43.5. The van der Waals surface area contributed by atoms with E-state index in [0.717, 1.165) is 23.9 Å². The van der Waals surface area contributed by atoms with Gasteiger partial charge in [-0.2, -0.15) is 0 Å². The summed E-state index contributed by atoms with van der Waals surface area (Å²) in [5.41, 5.74) is -0.0656. The van der Waals surface area contributed by atoms with Crippen molar-refractivity contribution < 1.29 is 37.4 Å². The van der Waals surface area contributed by atoms with Crippen LogP contribution in [-0.4, -0.2) is 41.9 Å². The Morgan fingerprint density at radius 3 is 2.36 bits per heavy atom. The van der Waals surface area contributed by atoms with Gasteiger partial charge in [0.15, 0.2) is 17.4 Å². The van der Waals surface area contributed by atoms with E-state index >= 15 is 0 Å². The van der Waals surface area contributed by atoms with Crippen LogP contribution in [0.25, 0.3) is 10.9 Å². The zero-order valence-electron chi connectivity index (χ0n) is 17.7. The molecule has 1 aromatic heterocycles. The fourth-order valence-corrected chi connectivity index (χ4v) is 3.69. The number of esters is 3. The van der Waals surface area contributed by atoms with Crippen molar-refractivity contribution in [3.63, 3.8) is 0 Å². The van der Waals surface area contributed by atoms with Gasteiger partial charge in [0.2, 0.25) is 0 Å². The molecule has 0 saturated heterocycles. The Morgan fingerprint density at radius 2 is 1.70 bits per heavy atom. The average molecular weight is 475 g/mol. The lowest BCUT2D eigenvalue weighted by Crippen LogP contribution is -2.16. The van der Waals surface area contributed by atoms with Gasteiger partial charge >= 0.3 is 17.9 Å².